The van der Waals surface area contributed by atoms with Crippen LogP contribution in [-0.4, -0.2) is 7.11 Å². The van der Waals surface area contributed by atoms with Gasteiger partial charge >= 0.3 is 0 Å². The molecule has 88 valence electrons. The fourth-order valence-electron chi connectivity index (χ4n) is 2.80. The Kier molecular flexibility index (Phi) is 3.07. The number of hydrogen-bond acceptors (Lipinski definition) is 1. The Morgan fingerprint density at radius 2 is 1.88 bits per heavy atom. The van der Waals surface area contributed by atoms with Crippen LogP contribution in [0.5, 0.6) is 0 Å². The van der Waals surface area contributed by atoms with Crippen LogP contribution in [0.15, 0.2) is 24.3 Å². The van der Waals surface area contributed by atoms with Crippen molar-refractivity contribution in [2.24, 2.45) is 5.41 Å². The van der Waals surface area contributed by atoms with Gasteiger partial charge in [0.1, 0.15) is 0 Å². The van der Waals surface area contributed by atoms with E-state index in [1.165, 1.54) is 17.5 Å². The van der Waals surface area contributed by atoms with Gasteiger partial charge in [-0.2, -0.15) is 0 Å². The topological polar surface area (TPSA) is 9.23 Å². The van der Waals surface area contributed by atoms with Gasteiger partial charge in [0.25, 0.3) is 0 Å². The maximum Gasteiger partial charge on any atom is 0.0829 e. The fourth-order valence-corrected chi connectivity index (χ4v) is 2.80. The average molecular weight is 218 g/mol. The minimum absolute atomic E-state index is 0.298. The highest BCUT2D eigenvalue weighted by atomic mass is 16.5. The molecule has 0 amide bonds. The summed E-state index contributed by atoms with van der Waals surface area (Å²) >= 11 is 0. The molecule has 0 radical (unpaired) electrons. The molecular weight excluding hydrogens is 196 g/mol. The maximum absolute atomic E-state index is 5.61. The molecule has 1 aromatic rings. The van der Waals surface area contributed by atoms with E-state index in [1.54, 1.807) is 0 Å². The van der Waals surface area contributed by atoms with Gasteiger partial charge in [0.2, 0.25) is 0 Å². The van der Waals surface area contributed by atoms with Crippen molar-refractivity contribution in [3.05, 3.63) is 35.4 Å². The molecule has 0 saturated carbocycles. The molecule has 0 bridgehead atoms. The van der Waals surface area contributed by atoms with Crippen molar-refractivity contribution in [1.82, 2.24) is 0 Å². The summed E-state index contributed by atoms with van der Waals surface area (Å²) in [5.74, 6) is 0.638. The zero-order valence-corrected chi connectivity index (χ0v) is 10.8. The highest BCUT2D eigenvalue weighted by Crippen LogP contribution is 2.51. The molecule has 1 nitrogen and oxygen atoms in total. The first-order valence-corrected chi connectivity index (χ1v) is 6.21. The van der Waals surface area contributed by atoms with Crippen molar-refractivity contribution < 1.29 is 4.74 Å². The average Bonchev–Trinajstić information content (AvgIpc) is 2.68. The van der Waals surface area contributed by atoms with Crippen molar-refractivity contribution in [3.8, 4) is 0 Å². The van der Waals surface area contributed by atoms with Gasteiger partial charge < -0.3 is 4.74 Å². The van der Waals surface area contributed by atoms with Crippen molar-refractivity contribution in [3.63, 3.8) is 0 Å². The molecule has 1 aliphatic rings. The molecule has 0 aromatic heterocycles. The number of fused-ring (bicyclic) bond motifs is 1. The summed E-state index contributed by atoms with van der Waals surface area (Å²) in [5.41, 5.74) is 3.27. The molecule has 2 atom stereocenters. The molecular formula is C15H22O. The third-order valence-corrected chi connectivity index (χ3v) is 4.31. The van der Waals surface area contributed by atoms with Gasteiger partial charge in [-0.25, -0.2) is 0 Å². The Labute approximate surface area is 98.8 Å². The normalized spacial score (nSPS) is 24.5. The van der Waals surface area contributed by atoms with Crippen LogP contribution in [0.2, 0.25) is 0 Å². The Hall–Kier alpha value is -0.820. The smallest absolute Gasteiger partial charge is 0.0829 e. The van der Waals surface area contributed by atoms with Crippen LogP contribution in [0.25, 0.3) is 0 Å². The molecule has 2 rings (SSSR count). The van der Waals surface area contributed by atoms with Crippen LogP contribution in [0.3, 0.4) is 0 Å². The van der Waals surface area contributed by atoms with Crippen LogP contribution < -0.4 is 0 Å². The van der Waals surface area contributed by atoms with E-state index in [9.17, 15) is 0 Å². The Morgan fingerprint density at radius 1 is 1.25 bits per heavy atom. The summed E-state index contributed by atoms with van der Waals surface area (Å²) in [4.78, 5) is 0. The van der Waals surface area contributed by atoms with E-state index in [0.29, 0.717) is 17.4 Å². The first-order chi connectivity index (χ1) is 7.60. The number of benzene rings is 1. The zero-order chi connectivity index (χ0) is 11.8. The zero-order valence-electron chi connectivity index (χ0n) is 10.8. The Bertz CT molecular complexity index is 367. The first-order valence-electron chi connectivity index (χ1n) is 6.21. The van der Waals surface area contributed by atoms with E-state index in [0.717, 1.165) is 6.42 Å². The molecule has 1 aromatic carbocycles. The van der Waals surface area contributed by atoms with Crippen molar-refractivity contribution in [2.45, 2.75) is 45.6 Å². The molecule has 2 unspecified atom stereocenters. The summed E-state index contributed by atoms with van der Waals surface area (Å²) in [6, 6.07) is 8.76. The summed E-state index contributed by atoms with van der Waals surface area (Å²) in [7, 11) is 1.82. The number of hydrogen-bond donors (Lipinski definition) is 0. The lowest BCUT2D eigenvalue weighted by Crippen LogP contribution is -2.19. The van der Waals surface area contributed by atoms with Crippen molar-refractivity contribution in [2.75, 3.05) is 7.11 Å². The number of ether oxygens (including phenoxy) is 1. The van der Waals surface area contributed by atoms with Crippen LogP contribution >= 0.6 is 0 Å². The van der Waals surface area contributed by atoms with Gasteiger partial charge in [-0.1, -0.05) is 51.5 Å². The lowest BCUT2D eigenvalue weighted by molar-refractivity contribution is 0.0879. The molecule has 0 saturated heterocycles. The second kappa shape index (κ2) is 4.21. The van der Waals surface area contributed by atoms with E-state index in [2.05, 4.69) is 45.0 Å². The van der Waals surface area contributed by atoms with Crippen LogP contribution in [-0.2, 0) is 4.74 Å². The molecule has 0 N–H and O–H groups in total. The van der Waals surface area contributed by atoms with Gasteiger partial charge in [-0.15, -0.1) is 0 Å². The minimum atomic E-state index is 0.298. The van der Waals surface area contributed by atoms with E-state index < -0.39 is 0 Å². The molecule has 0 spiro atoms. The molecule has 0 aliphatic heterocycles. The SMILES string of the molecule is CCC(C)(C)C1CC(OC)c2ccccc21. The highest BCUT2D eigenvalue weighted by Gasteiger charge is 2.38. The second-order valence-electron chi connectivity index (χ2n) is 5.48. The van der Waals surface area contributed by atoms with E-state index >= 15 is 0 Å². The summed E-state index contributed by atoms with van der Waals surface area (Å²) in [6.07, 6.45) is 2.64. The standard InChI is InChI=1S/C15H22O/c1-5-15(2,3)13-10-14(16-4)12-9-7-6-8-11(12)13/h6-9,13-14H,5,10H2,1-4H3. The van der Waals surface area contributed by atoms with Crippen molar-refractivity contribution >= 4 is 0 Å². The summed E-state index contributed by atoms with van der Waals surface area (Å²) in [6.45, 7) is 7.02. The Balaban J connectivity index is 2.40. The molecule has 0 heterocycles. The first kappa shape index (κ1) is 11.7. The largest absolute Gasteiger partial charge is 0.377 e. The van der Waals surface area contributed by atoms with E-state index in [4.69, 9.17) is 4.74 Å². The van der Waals surface area contributed by atoms with Gasteiger partial charge in [-0.3, -0.25) is 0 Å². The highest BCUT2D eigenvalue weighted by molar-refractivity contribution is 5.38. The van der Waals surface area contributed by atoms with Gasteiger partial charge in [-0.05, 0) is 28.9 Å². The van der Waals surface area contributed by atoms with Crippen molar-refractivity contribution in [1.29, 1.82) is 0 Å². The molecule has 16 heavy (non-hydrogen) atoms. The van der Waals surface area contributed by atoms with E-state index in [1.807, 2.05) is 7.11 Å². The van der Waals surface area contributed by atoms with Crippen LogP contribution in [0, 0.1) is 5.41 Å². The van der Waals surface area contributed by atoms with E-state index in [-0.39, 0.29) is 0 Å². The predicted molar refractivity (Wildman–Crippen MR) is 67.6 cm³/mol. The maximum atomic E-state index is 5.61. The summed E-state index contributed by atoms with van der Waals surface area (Å²) in [5, 5.41) is 0. The second-order valence-corrected chi connectivity index (χ2v) is 5.48. The third kappa shape index (κ3) is 1.78. The van der Waals surface area contributed by atoms with Gasteiger partial charge in [0.15, 0.2) is 0 Å². The Morgan fingerprint density at radius 3 is 2.44 bits per heavy atom. The molecule has 1 aliphatic carbocycles. The molecule has 0 fully saturated rings. The minimum Gasteiger partial charge on any atom is -0.377 e. The summed E-state index contributed by atoms with van der Waals surface area (Å²) < 4.78 is 5.61. The van der Waals surface area contributed by atoms with Crippen LogP contribution in [0.4, 0.5) is 0 Å². The molecule has 1 heteroatoms. The lowest BCUT2D eigenvalue weighted by atomic mass is 9.74. The quantitative estimate of drug-likeness (QED) is 0.735. The van der Waals surface area contributed by atoms with Gasteiger partial charge in [0.05, 0.1) is 6.10 Å². The number of methoxy groups -OCH3 is 1. The van der Waals surface area contributed by atoms with Gasteiger partial charge in [0, 0.05) is 7.11 Å². The monoisotopic (exact) mass is 218 g/mol. The predicted octanol–water partition coefficient (Wildman–Crippen LogP) is 4.30. The third-order valence-electron chi connectivity index (χ3n) is 4.31. The number of rotatable bonds is 3. The van der Waals surface area contributed by atoms with Crippen LogP contribution in [0.1, 0.15) is 56.8 Å². The fraction of sp³-hybridized carbons (Fsp3) is 0.600. The lowest BCUT2D eigenvalue weighted by Gasteiger charge is -2.31.